The maximum Gasteiger partial charge on any atom is 0.0701 e. The molecule has 1 aliphatic heterocycles. The number of ether oxygens (including phenoxy) is 2. The summed E-state index contributed by atoms with van der Waals surface area (Å²) in [6.07, 6.45) is 0. The lowest BCUT2D eigenvalue weighted by atomic mass is 10.6. The molecule has 0 N–H and O–H groups in total. The molecule has 1 saturated heterocycles. The van der Waals surface area contributed by atoms with Crippen LogP contribution >= 0.6 is 0 Å². The van der Waals surface area contributed by atoms with Crippen LogP contribution in [0.15, 0.2) is 0 Å². The van der Waals surface area contributed by atoms with Crippen molar-refractivity contribution in [2.75, 3.05) is 26.3 Å². The molecule has 2 heteroatoms. The molecule has 2 nitrogen and oxygen atoms in total. The van der Waals surface area contributed by atoms with Crippen molar-refractivity contribution < 1.29 is 15.0 Å². The van der Waals surface area contributed by atoms with Gasteiger partial charge in [0.15, 0.2) is 0 Å². The fraction of sp³-hybridized carbons (Fsp3) is 1.00. The molecular formula is C4H8O2. The Bertz CT molecular complexity index is 119. The van der Waals surface area contributed by atoms with Gasteiger partial charge in [-0.1, -0.05) is 0 Å². The van der Waals surface area contributed by atoms with Gasteiger partial charge in [0.1, 0.15) is 0 Å². The molecular weight excluding hydrogens is 80.0 g/mol. The fourth-order valence-electron chi connectivity index (χ4n) is 0.244. The first kappa shape index (κ1) is 1.46. The van der Waals surface area contributed by atoms with E-state index in [4.69, 9.17) is 5.48 Å². The summed E-state index contributed by atoms with van der Waals surface area (Å²) < 4.78 is 36.9. The Morgan fingerprint density at radius 1 is 1.17 bits per heavy atom. The molecule has 0 atom stereocenters. The molecule has 1 heterocycles. The van der Waals surface area contributed by atoms with Gasteiger partial charge in [-0.25, -0.2) is 0 Å². The first-order valence-electron chi connectivity index (χ1n) is 3.74. The van der Waals surface area contributed by atoms with Crippen LogP contribution in [0.25, 0.3) is 0 Å². The van der Waals surface area contributed by atoms with E-state index < -0.39 is 13.1 Å². The Kier molecular flexibility index (Phi) is 0.524. The minimum absolute atomic E-state index is 0.104. The van der Waals surface area contributed by atoms with Gasteiger partial charge in [0, 0.05) is 0 Å². The lowest BCUT2D eigenvalue weighted by Crippen LogP contribution is -2.16. The number of rotatable bonds is 0. The van der Waals surface area contributed by atoms with Crippen molar-refractivity contribution in [3.63, 3.8) is 0 Å². The quantitative estimate of drug-likeness (QED) is 0.420. The fourth-order valence-corrected chi connectivity index (χ4v) is 0.244. The van der Waals surface area contributed by atoms with Crippen LogP contribution in [0.4, 0.5) is 0 Å². The molecule has 0 aromatic heterocycles. The second-order valence-electron chi connectivity index (χ2n) is 0.901. The Labute approximate surface area is 42.7 Å². The van der Waals surface area contributed by atoms with E-state index in [1.807, 2.05) is 0 Å². The minimum atomic E-state index is -2.31. The normalized spacial score (nSPS) is 50.7. The topological polar surface area (TPSA) is 18.5 Å². The predicted molar refractivity (Wildman–Crippen MR) is 21.6 cm³/mol. The molecule has 36 valence electrons. The lowest BCUT2D eigenvalue weighted by Gasteiger charge is -2.09. The molecule has 1 aliphatic rings. The highest BCUT2D eigenvalue weighted by molar-refractivity contribution is 4.37. The summed E-state index contributed by atoms with van der Waals surface area (Å²) in [6, 6.07) is 0. The van der Waals surface area contributed by atoms with E-state index >= 15 is 0 Å². The summed E-state index contributed by atoms with van der Waals surface area (Å²) >= 11 is 0. The molecule has 0 aliphatic carbocycles. The molecule has 1 fully saturated rings. The van der Waals surface area contributed by atoms with Crippen molar-refractivity contribution in [3.8, 4) is 0 Å². The maximum absolute atomic E-state index is 6.97. The molecule has 0 bridgehead atoms. The zero-order chi connectivity index (χ0) is 7.83. The van der Waals surface area contributed by atoms with E-state index in [9.17, 15) is 0 Å². The van der Waals surface area contributed by atoms with Crippen LogP contribution in [0.2, 0.25) is 0 Å². The van der Waals surface area contributed by atoms with Gasteiger partial charge in [0.25, 0.3) is 0 Å². The van der Waals surface area contributed by atoms with E-state index in [0.717, 1.165) is 0 Å². The van der Waals surface area contributed by atoms with E-state index in [1.165, 1.54) is 0 Å². The monoisotopic (exact) mass is 92.1 g/mol. The van der Waals surface area contributed by atoms with Gasteiger partial charge in [0.05, 0.1) is 31.8 Å². The average molecular weight is 92.1 g/mol. The van der Waals surface area contributed by atoms with Crippen LogP contribution < -0.4 is 0 Å². The predicted octanol–water partition coefficient (Wildman–Crippen LogP) is 0.0332. The van der Waals surface area contributed by atoms with Crippen LogP contribution in [-0.4, -0.2) is 26.3 Å². The first-order chi connectivity index (χ1) is 4.46. The molecule has 0 spiro atoms. The highest BCUT2D eigenvalue weighted by Crippen LogP contribution is 1.85. The summed E-state index contributed by atoms with van der Waals surface area (Å²) in [6.45, 7) is -4.42. The standard InChI is InChI=1S/C4H8O2/c1-2-6-4-3-5-1/h1-4H2/i1D2,2D2. The smallest absolute Gasteiger partial charge is 0.0701 e. The summed E-state index contributed by atoms with van der Waals surface area (Å²) in [4.78, 5) is 0. The van der Waals surface area contributed by atoms with Gasteiger partial charge < -0.3 is 9.47 Å². The molecule has 0 saturated carbocycles. The Morgan fingerprint density at radius 2 is 1.67 bits per heavy atom. The number of hydrogen-bond donors (Lipinski definition) is 0. The molecule has 6 heavy (non-hydrogen) atoms. The van der Waals surface area contributed by atoms with Gasteiger partial charge in [-0.3, -0.25) is 0 Å². The third kappa shape index (κ3) is 0.954. The van der Waals surface area contributed by atoms with Crippen molar-refractivity contribution in [1.29, 1.82) is 0 Å². The van der Waals surface area contributed by atoms with Crippen LogP contribution in [0.5, 0.6) is 0 Å². The third-order valence-corrected chi connectivity index (χ3v) is 0.473. The van der Waals surface area contributed by atoms with E-state index in [1.54, 1.807) is 0 Å². The molecule has 0 aromatic rings. The highest BCUT2D eigenvalue weighted by Gasteiger charge is 1.94. The summed E-state index contributed by atoms with van der Waals surface area (Å²) in [7, 11) is 0. The molecule has 1 rings (SSSR count). The minimum Gasteiger partial charge on any atom is -0.377 e. The Hall–Kier alpha value is -0.0800. The molecule has 0 aromatic carbocycles. The van der Waals surface area contributed by atoms with Crippen molar-refractivity contribution >= 4 is 0 Å². The van der Waals surface area contributed by atoms with Gasteiger partial charge in [0.2, 0.25) is 0 Å². The first-order valence-corrected chi connectivity index (χ1v) is 1.74. The summed E-state index contributed by atoms with van der Waals surface area (Å²) in [5.41, 5.74) is 0. The van der Waals surface area contributed by atoms with Crippen LogP contribution in [-0.2, 0) is 9.47 Å². The van der Waals surface area contributed by atoms with Crippen LogP contribution in [0, 0.1) is 0 Å². The Morgan fingerprint density at radius 3 is 2.00 bits per heavy atom. The maximum atomic E-state index is 6.97. The van der Waals surface area contributed by atoms with Gasteiger partial charge >= 0.3 is 0 Å². The average Bonchev–Trinajstić information content (AvgIpc) is 1.77. The van der Waals surface area contributed by atoms with Gasteiger partial charge in [-0.2, -0.15) is 0 Å². The second kappa shape index (κ2) is 2.16. The number of hydrogen-bond acceptors (Lipinski definition) is 2. The van der Waals surface area contributed by atoms with Crippen molar-refractivity contribution in [1.82, 2.24) is 0 Å². The Balaban J connectivity index is 2.70. The van der Waals surface area contributed by atoms with Gasteiger partial charge in [-0.05, 0) is 0 Å². The van der Waals surface area contributed by atoms with Crippen molar-refractivity contribution in [2.24, 2.45) is 0 Å². The van der Waals surface area contributed by atoms with Gasteiger partial charge in [-0.15, -0.1) is 0 Å². The molecule has 0 amide bonds. The van der Waals surface area contributed by atoms with E-state index in [2.05, 4.69) is 9.47 Å². The van der Waals surface area contributed by atoms with Crippen molar-refractivity contribution in [3.05, 3.63) is 0 Å². The molecule has 0 radical (unpaired) electrons. The zero-order valence-corrected chi connectivity index (χ0v) is 3.23. The van der Waals surface area contributed by atoms with E-state index in [-0.39, 0.29) is 13.2 Å². The third-order valence-electron chi connectivity index (χ3n) is 0.473. The summed E-state index contributed by atoms with van der Waals surface area (Å²) in [5, 5.41) is 0. The largest absolute Gasteiger partial charge is 0.377 e. The lowest BCUT2D eigenvalue weighted by molar-refractivity contribution is -0.0334. The zero-order valence-electron chi connectivity index (χ0n) is 7.23. The van der Waals surface area contributed by atoms with Crippen LogP contribution in [0.3, 0.4) is 0 Å². The van der Waals surface area contributed by atoms with E-state index in [0.29, 0.717) is 0 Å². The second-order valence-corrected chi connectivity index (χ2v) is 0.901. The van der Waals surface area contributed by atoms with Crippen LogP contribution in [0.1, 0.15) is 5.48 Å². The highest BCUT2D eigenvalue weighted by atomic mass is 16.6. The SMILES string of the molecule is [2H]C1([2H])OCCOC1([2H])[2H]. The molecule has 0 unspecified atom stereocenters. The van der Waals surface area contributed by atoms with Crippen molar-refractivity contribution in [2.45, 2.75) is 0 Å². The summed E-state index contributed by atoms with van der Waals surface area (Å²) in [5.74, 6) is 0.